The number of hydrogen-bond donors (Lipinski definition) is 2. The van der Waals surface area contributed by atoms with Crippen molar-refractivity contribution >= 4 is 0 Å². The predicted octanol–water partition coefficient (Wildman–Crippen LogP) is 2.55. The summed E-state index contributed by atoms with van der Waals surface area (Å²) in [7, 11) is 0. The van der Waals surface area contributed by atoms with Gasteiger partial charge in [0.05, 0.1) is 6.20 Å². The molecule has 1 saturated heterocycles. The highest BCUT2D eigenvalue weighted by Crippen LogP contribution is 2.23. The molecule has 114 valence electrons. The third-order valence-corrected chi connectivity index (χ3v) is 4.24. The number of furan rings is 1. The maximum atomic E-state index is 5.69. The quantitative estimate of drug-likeness (QED) is 0.888. The molecule has 2 N–H and O–H groups in total. The van der Waals surface area contributed by atoms with Gasteiger partial charge in [0.1, 0.15) is 11.5 Å². The lowest BCUT2D eigenvalue weighted by Gasteiger charge is -2.32. The fourth-order valence-corrected chi connectivity index (χ4v) is 2.99. The van der Waals surface area contributed by atoms with Crippen LogP contribution in [0.15, 0.2) is 22.7 Å². The van der Waals surface area contributed by atoms with Crippen molar-refractivity contribution in [2.75, 3.05) is 19.6 Å². The van der Waals surface area contributed by atoms with Gasteiger partial charge in [-0.05, 0) is 45.0 Å². The van der Waals surface area contributed by atoms with Crippen LogP contribution in [-0.2, 0) is 6.54 Å². The molecule has 1 fully saturated rings. The Morgan fingerprint density at radius 1 is 1.48 bits per heavy atom. The third kappa shape index (κ3) is 3.36. The number of aryl methyl sites for hydroxylation is 1. The van der Waals surface area contributed by atoms with Gasteiger partial charge >= 0.3 is 0 Å². The number of likely N-dealkylation sites (N-methyl/N-ethyl adjacent to an activating group) is 1. The van der Waals surface area contributed by atoms with Gasteiger partial charge in [0.25, 0.3) is 0 Å². The molecule has 1 aliphatic heterocycles. The van der Waals surface area contributed by atoms with Crippen LogP contribution in [0.5, 0.6) is 0 Å². The number of aromatic amines is 1. The van der Waals surface area contributed by atoms with E-state index in [2.05, 4.69) is 27.3 Å². The first-order chi connectivity index (χ1) is 10.3. The molecule has 0 amide bonds. The molecule has 1 aliphatic rings. The maximum absolute atomic E-state index is 5.69. The lowest BCUT2D eigenvalue weighted by Crippen LogP contribution is -2.45. The summed E-state index contributed by atoms with van der Waals surface area (Å²) in [4.78, 5) is 2.51. The average Bonchev–Trinajstić information content (AvgIpc) is 3.13. The number of nitrogens with zero attached hydrogens (tertiary/aromatic N) is 2. The first-order valence-electron chi connectivity index (χ1n) is 7.81. The first-order valence-corrected chi connectivity index (χ1v) is 7.81. The van der Waals surface area contributed by atoms with E-state index in [1.807, 2.05) is 25.3 Å². The Morgan fingerprint density at radius 2 is 2.38 bits per heavy atom. The summed E-state index contributed by atoms with van der Waals surface area (Å²) in [6.07, 6.45) is 4.42. The van der Waals surface area contributed by atoms with E-state index in [-0.39, 0.29) is 0 Å². The number of H-pyrrole nitrogens is 1. The van der Waals surface area contributed by atoms with Gasteiger partial charge in [-0.25, -0.2) is 0 Å². The minimum absolute atomic E-state index is 0.569. The molecule has 0 bridgehead atoms. The zero-order chi connectivity index (χ0) is 14.7. The summed E-state index contributed by atoms with van der Waals surface area (Å²) in [5, 5.41) is 10.9. The molecule has 1 unspecified atom stereocenters. The molecule has 0 aliphatic carbocycles. The zero-order valence-corrected chi connectivity index (χ0v) is 12.9. The molecule has 3 heterocycles. The van der Waals surface area contributed by atoms with Crippen molar-refractivity contribution in [3.8, 4) is 11.5 Å². The number of likely N-dealkylation sites (tertiary alicyclic amines) is 1. The molecule has 0 spiro atoms. The molecule has 21 heavy (non-hydrogen) atoms. The first kappa shape index (κ1) is 14.4. The Kier molecular flexibility index (Phi) is 4.41. The second kappa shape index (κ2) is 6.45. The summed E-state index contributed by atoms with van der Waals surface area (Å²) in [6, 6.07) is 4.54. The Bertz CT molecular complexity index is 574. The molecule has 2 aromatic heterocycles. The minimum Gasteiger partial charge on any atom is -0.460 e. The van der Waals surface area contributed by atoms with Gasteiger partial charge in [-0.3, -0.25) is 5.10 Å². The Labute approximate surface area is 125 Å². The molecule has 0 saturated carbocycles. The monoisotopic (exact) mass is 288 g/mol. The van der Waals surface area contributed by atoms with Crippen molar-refractivity contribution < 1.29 is 4.42 Å². The Morgan fingerprint density at radius 3 is 3.14 bits per heavy atom. The molecular weight excluding hydrogens is 264 g/mol. The molecular formula is C16H24N4O. The van der Waals surface area contributed by atoms with Crippen LogP contribution in [0.25, 0.3) is 11.5 Å². The smallest absolute Gasteiger partial charge is 0.152 e. The second-order valence-corrected chi connectivity index (χ2v) is 5.79. The van der Waals surface area contributed by atoms with Gasteiger partial charge in [0.2, 0.25) is 0 Å². The van der Waals surface area contributed by atoms with Crippen molar-refractivity contribution in [1.29, 1.82) is 0 Å². The van der Waals surface area contributed by atoms with Crippen molar-refractivity contribution in [1.82, 2.24) is 20.4 Å². The summed E-state index contributed by atoms with van der Waals surface area (Å²) in [5.74, 6) is 1.78. The SMILES string of the molecule is CCN1CCCC(NCc2cn[nH]c2-c2ccc(C)o2)C1. The van der Waals surface area contributed by atoms with E-state index in [0.29, 0.717) is 6.04 Å². The zero-order valence-electron chi connectivity index (χ0n) is 12.9. The van der Waals surface area contributed by atoms with Gasteiger partial charge < -0.3 is 14.6 Å². The summed E-state index contributed by atoms with van der Waals surface area (Å²) >= 11 is 0. The van der Waals surface area contributed by atoms with Gasteiger partial charge in [-0.2, -0.15) is 5.10 Å². The number of aromatic nitrogens is 2. The van der Waals surface area contributed by atoms with Crippen LogP contribution < -0.4 is 5.32 Å². The van der Waals surface area contributed by atoms with Crippen molar-refractivity contribution in [2.24, 2.45) is 0 Å². The summed E-state index contributed by atoms with van der Waals surface area (Å²) < 4.78 is 5.69. The van der Waals surface area contributed by atoms with Crippen LogP contribution in [0.1, 0.15) is 31.1 Å². The van der Waals surface area contributed by atoms with Crippen LogP contribution in [0.4, 0.5) is 0 Å². The normalized spacial score (nSPS) is 20.0. The fraction of sp³-hybridized carbons (Fsp3) is 0.562. The van der Waals surface area contributed by atoms with E-state index >= 15 is 0 Å². The molecule has 5 heteroatoms. The number of rotatable bonds is 5. The van der Waals surface area contributed by atoms with Crippen molar-refractivity contribution in [3.05, 3.63) is 29.7 Å². The highest BCUT2D eigenvalue weighted by molar-refractivity contribution is 5.56. The van der Waals surface area contributed by atoms with Crippen LogP contribution in [0, 0.1) is 6.92 Å². The van der Waals surface area contributed by atoms with Gasteiger partial charge in [0.15, 0.2) is 5.76 Å². The van der Waals surface area contributed by atoms with E-state index in [0.717, 1.165) is 42.4 Å². The Hall–Kier alpha value is -1.59. The Balaban J connectivity index is 1.62. The standard InChI is InChI=1S/C16H24N4O/c1-3-20-8-4-5-14(11-20)17-9-13-10-18-19-16(13)15-7-6-12(2)21-15/h6-7,10,14,17H,3-5,8-9,11H2,1-2H3,(H,18,19). The van der Waals surface area contributed by atoms with E-state index in [9.17, 15) is 0 Å². The largest absolute Gasteiger partial charge is 0.460 e. The molecule has 1 atom stereocenters. The number of nitrogens with one attached hydrogen (secondary N) is 2. The molecule has 3 rings (SSSR count). The third-order valence-electron chi connectivity index (χ3n) is 4.24. The second-order valence-electron chi connectivity index (χ2n) is 5.79. The maximum Gasteiger partial charge on any atom is 0.152 e. The van der Waals surface area contributed by atoms with Crippen LogP contribution in [-0.4, -0.2) is 40.8 Å². The van der Waals surface area contributed by atoms with Gasteiger partial charge in [-0.15, -0.1) is 0 Å². The summed E-state index contributed by atoms with van der Waals surface area (Å²) in [6.45, 7) is 8.53. The van der Waals surface area contributed by atoms with Crippen molar-refractivity contribution in [3.63, 3.8) is 0 Å². The average molecular weight is 288 g/mol. The number of piperidine rings is 1. The molecule has 5 nitrogen and oxygen atoms in total. The lowest BCUT2D eigenvalue weighted by atomic mass is 10.1. The highest BCUT2D eigenvalue weighted by Gasteiger charge is 2.19. The topological polar surface area (TPSA) is 57.1 Å². The van der Waals surface area contributed by atoms with Crippen molar-refractivity contribution in [2.45, 2.75) is 39.3 Å². The number of hydrogen-bond acceptors (Lipinski definition) is 4. The molecule has 0 radical (unpaired) electrons. The van der Waals surface area contributed by atoms with Gasteiger partial charge in [0, 0.05) is 24.7 Å². The van der Waals surface area contributed by atoms with E-state index in [4.69, 9.17) is 4.42 Å². The van der Waals surface area contributed by atoms with E-state index < -0.39 is 0 Å². The lowest BCUT2D eigenvalue weighted by molar-refractivity contribution is 0.198. The van der Waals surface area contributed by atoms with Gasteiger partial charge in [-0.1, -0.05) is 6.92 Å². The minimum atomic E-state index is 0.569. The van der Waals surface area contributed by atoms with Crippen LogP contribution in [0.2, 0.25) is 0 Å². The summed E-state index contributed by atoms with van der Waals surface area (Å²) in [5.41, 5.74) is 2.15. The van der Waals surface area contributed by atoms with E-state index in [1.54, 1.807) is 0 Å². The predicted molar refractivity (Wildman–Crippen MR) is 83.0 cm³/mol. The molecule has 0 aromatic carbocycles. The molecule has 2 aromatic rings. The van der Waals surface area contributed by atoms with Crippen LogP contribution >= 0.6 is 0 Å². The fourth-order valence-electron chi connectivity index (χ4n) is 2.99. The highest BCUT2D eigenvalue weighted by atomic mass is 16.3. The van der Waals surface area contributed by atoms with E-state index in [1.165, 1.54) is 19.4 Å². The van der Waals surface area contributed by atoms with Crippen LogP contribution in [0.3, 0.4) is 0 Å².